The highest BCUT2D eigenvalue weighted by molar-refractivity contribution is 9.10. The van der Waals surface area contributed by atoms with Crippen molar-refractivity contribution < 1.29 is 38.4 Å². The lowest BCUT2D eigenvalue weighted by atomic mass is 9.69. The first-order chi connectivity index (χ1) is 18.7. The molecular formula is C29H32BrNO8. The molecule has 0 bridgehead atoms. The maximum atomic E-state index is 13.9. The molecule has 0 saturated heterocycles. The second kappa shape index (κ2) is 12.2. The van der Waals surface area contributed by atoms with E-state index in [9.17, 15) is 14.7 Å². The van der Waals surface area contributed by atoms with Crippen LogP contribution in [0.3, 0.4) is 0 Å². The van der Waals surface area contributed by atoms with Gasteiger partial charge in [0.25, 0.3) is 0 Å². The monoisotopic (exact) mass is 601 g/mol. The normalized spacial score (nSPS) is 20.7. The van der Waals surface area contributed by atoms with Crippen LogP contribution in [-0.4, -0.2) is 64.2 Å². The van der Waals surface area contributed by atoms with E-state index in [0.29, 0.717) is 44.9 Å². The number of ketones is 1. The van der Waals surface area contributed by atoms with Gasteiger partial charge in [-0.3, -0.25) is 14.6 Å². The van der Waals surface area contributed by atoms with Gasteiger partial charge in [0.15, 0.2) is 28.8 Å². The zero-order valence-electron chi connectivity index (χ0n) is 22.6. The number of carbonyl (C=O) groups excluding carboxylic acids is 2. The number of allylic oxidation sites excluding steroid dienone is 2. The Hall–Kier alpha value is -3.37. The van der Waals surface area contributed by atoms with Gasteiger partial charge in [0.1, 0.15) is 12.5 Å². The number of methoxy groups -OCH3 is 4. The Balaban J connectivity index is 1.80. The van der Waals surface area contributed by atoms with E-state index in [1.54, 1.807) is 33.3 Å². The molecule has 2 aliphatic rings. The van der Waals surface area contributed by atoms with Gasteiger partial charge in [0.05, 0.1) is 32.4 Å². The van der Waals surface area contributed by atoms with Crippen molar-refractivity contribution in [2.45, 2.75) is 31.6 Å². The van der Waals surface area contributed by atoms with Gasteiger partial charge in [0, 0.05) is 36.4 Å². The van der Waals surface area contributed by atoms with Crippen LogP contribution in [0.2, 0.25) is 0 Å². The Morgan fingerprint density at radius 1 is 0.974 bits per heavy atom. The van der Waals surface area contributed by atoms with E-state index < -0.39 is 17.8 Å². The first kappa shape index (κ1) is 28.6. The predicted octanol–water partition coefficient (Wildman–Crippen LogP) is 4.95. The molecule has 2 aromatic rings. The molecular weight excluding hydrogens is 570 g/mol. The lowest BCUT2D eigenvalue weighted by molar-refractivity contribution is -0.147. The van der Waals surface area contributed by atoms with Crippen molar-refractivity contribution in [3.63, 3.8) is 0 Å². The largest absolute Gasteiger partial charge is 0.503 e. The standard InChI is InChI=1S/C29H32BrNO8/c1-15-25(29(34)39-9-8-35-2)26(18-10-19(30)28(33)24(14-18)38-5)27-20(31-15)11-17(12-21(27)32)16-6-7-22(36-3)23(13-16)37-4/h6-7,10,13-14,17,25-26,33H,8-9,11-12H2,1-5H3/t17-,25?,26-/m1/s1. The summed E-state index contributed by atoms with van der Waals surface area (Å²) in [6, 6.07) is 9.00. The minimum Gasteiger partial charge on any atom is -0.503 e. The van der Waals surface area contributed by atoms with Crippen LogP contribution in [0.15, 0.2) is 51.1 Å². The molecule has 0 spiro atoms. The molecule has 1 aliphatic carbocycles. The average molecular weight is 602 g/mol. The zero-order valence-corrected chi connectivity index (χ0v) is 24.2. The summed E-state index contributed by atoms with van der Waals surface area (Å²) < 4.78 is 27.1. The highest BCUT2D eigenvalue weighted by Crippen LogP contribution is 2.49. The van der Waals surface area contributed by atoms with Crippen LogP contribution in [0.5, 0.6) is 23.0 Å². The van der Waals surface area contributed by atoms with E-state index in [-0.39, 0.29) is 42.8 Å². The Kier molecular flexibility index (Phi) is 8.97. The van der Waals surface area contributed by atoms with E-state index in [1.165, 1.54) is 14.2 Å². The summed E-state index contributed by atoms with van der Waals surface area (Å²) in [6.45, 7) is 2.10. The number of aromatic hydroxyl groups is 1. The third-order valence-electron chi connectivity index (χ3n) is 7.18. The fourth-order valence-electron chi connectivity index (χ4n) is 5.31. The lowest BCUT2D eigenvalue weighted by Crippen LogP contribution is -2.38. The fourth-order valence-corrected chi connectivity index (χ4v) is 5.77. The molecule has 10 heteroatoms. The number of benzene rings is 2. The van der Waals surface area contributed by atoms with Gasteiger partial charge >= 0.3 is 5.97 Å². The summed E-state index contributed by atoms with van der Waals surface area (Å²) in [4.78, 5) is 32.0. The Morgan fingerprint density at radius 3 is 2.33 bits per heavy atom. The SMILES string of the molecule is COCCOC(=O)C1C(C)=NC2=C(C(=O)C[C@H](c3ccc(OC)c(OC)c3)C2)[C@@H]1c1cc(Br)c(O)c(OC)c1. The zero-order chi connectivity index (χ0) is 28.3. The summed E-state index contributed by atoms with van der Waals surface area (Å²) in [5.74, 6) is -0.878. The van der Waals surface area contributed by atoms with Gasteiger partial charge in [-0.25, -0.2) is 0 Å². The second-order valence-corrected chi connectivity index (χ2v) is 10.3. The molecule has 4 rings (SSSR count). The van der Waals surface area contributed by atoms with Crippen LogP contribution in [-0.2, 0) is 19.1 Å². The Bertz CT molecular complexity index is 1330. The van der Waals surface area contributed by atoms with Crippen LogP contribution in [0.25, 0.3) is 0 Å². The Morgan fingerprint density at radius 2 is 1.67 bits per heavy atom. The molecule has 39 heavy (non-hydrogen) atoms. The molecule has 9 nitrogen and oxygen atoms in total. The van der Waals surface area contributed by atoms with Gasteiger partial charge in [-0.2, -0.15) is 0 Å². The number of esters is 1. The minimum atomic E-state index is -0.830. The molecule has 0 radical (unpaired) electrons. The van der Waals surface area contributed by atoms with Gasteiger partial charge in [-0.15, -0.1) is 0 Å². The van der Waals surface area contributed by atoms with Gasteiger partial charge in [0.2, 0.25) is 0 Å². The van der Waals surface area contributed by atoms with E-state index in [1.807, 2.05) is 18.2 Å². The van der Waals surface area contributed by atoms with Gasteiger partial charge in [-0.1, -0.05) is 6.07 Å². The number of rotatable bonds is 9. The molecule has 0 aromatic heterocycles. The first-order valence-corrected chi connectivity index (χ1v) is 13.3. The number of hydrogen-bond acceptors (Lipinski definition) is 9. The number of hydrogen-bond donors (Lipinski definition) is 1. The van der Waals surface area contributed by atoms with Crippen molar-refractivity contribution in [3.8, 4) is 23.0 Å². The van der Waals surface area contributed by atoms with Crippen molar-refractivity contribution in [2.24, 2.45) is 10.9 Å². The minimum absolute atomic E-state index is 0.0700. The second-order valence-electron chi connectivity index (χ2n) is 9.43. The van der Waals surface area contributed by atoms with Crippen molar-refractivity contribution >= 4 is 33.4 Å². The van der Waals surface area contributed by atoms with Crippen molar-refractivity contribution in [1.82, 2.24) is 0 Å². The van der Waals surface area contributed by atoms with E-state index in [0.717, 1.165) is 5.56 Å². The van der Waals surface area contributed by atoms with E-state index >= 15 is 0 Å². The molecule has 0 fully saturated rings. The molecule has 1 heterocycles. The van der Waals surface area contributed by atoms with Crippen LogP contribution >= 0.6 is 15.9 Å². The topological polar surface area (TPSA) is 113 Å². The van der Waals surface area contributed by atoms with Crippen molar-refractivity contribution in [2.75, 3.05) is 41.7 Å². The third kappa shape index (κ3) is 5.67. The summed E-state index contributed by atoms with van der Waals surface area (Å²) in [5.41, 5.74) is 3.23. The van der Waals surface area contributed by atoms with Crippen LogP contribution in [0.1, 0.15) is 42.7 Å². The summed E-state index contributed by atoms with van der Waals surface area (Å²) in [5, 5.41) is 10.4. The number of phenols is 1. The highest BCUT2D eigenvalue weighted by atomic mass is 79.9. The summed E-state index contributed by atoms with van der Waals surface area (Å²) >= 11 is 3.38. The molecule has 0 saturated carbocycles. The number of phenolic OH excluding ortho intramolecular Hbond substituents is 1. The lowest BCUT2D eigenvalue weighted by Gasteiger charge is -2.36. The molecule has 3 atom stereocenters. The molecule has 1 unspecified atom stereocenters. The number of ether oxygens (including phenoxy) is 5. The van der Waals surface area contributed by atoms with Crippen LogP contribution in [0.4, 0.5) is 0 Å². The summed E-state index contributed by atoms with van der Waals surface area (Å²) in [6.07, 6.45) is 0.743. The number of halogens is 1. The third-order valence-corrected chi connectivity index (χ3v) is 7.79. The van der Waals surface area contributed by atoms with Crippen molar-refractivity contribution in [3.05, 3.63) is 57.2 Å². The number of nitrogens with zero attached hydrogens (tertiary/aromatic N) is 1. The maximum absolute atomic E-state index is 13.9. The quantitative estimate of drug-likeness (QED) is 0.317. The molecule has 2 aromatic carbocycles. The predicted molar refractivity (Wildman–Crippen MR) is 148 cm³/mol. The van der Waals surface area contributed by atoms with E-state index in [2.05, 4.69) is 15.9 Å². The highest BCUT2D eigenvalue weighted by Gasteiger charge is 2.45. The molecule has 1 aliphatic heterocycles. The van der Waals surface area contributed by atoms with Crippen molar-refractivity contribution in [1.29, 1.82) is 0 Å². The number of carbonyl (C=O) groups is 2. The average Bonchev–Trinajstić information content (AvgIpc) is 2.93. The van der Waals surface area contributed by atoms with Gasteiger partial charge < -0.3 is 28.8 Å². The van der Waals surface area contributed by atoms with Crippen LogP contribution in [0, 0.1) is 5.92 Å². The van der Waals surface area contributed by atoms with Crippen LogP contribution < -0.4 is 14.2 Å². The Labute approximate surface area is 235 Å². The summed E-state index contributed by atoms with van der Waals surface area (Å²) in [7, 11) is 6.12. The molecule has 0 amide bonds. The number of Topliss-reactive ketones (excluding diaryl/α,β-unsaturated/α-hetero) is 1. The smallest absolute Gasteiger partial charge is 0.315 e. The van der Waals surface area contributed by atoms with Gasteiger partial charge in [-0.05, 0) is 70.6 Å². The maximum Gasteiger partial charge on any atom is 0.315 e. The first-order valence-electron chi connectivity index (χ1n) is 12.5. The number of aliphatic imine (C=N–C) groups is 1. The molecule has 1 N–H and O–H groups in total. The molecule has 208 valence electrons. The van der Waals surface area contributed by atoms with E-state index in [4.69, 9.17) is 28.7 Å². The fraction of sp³-hybridized carbons (Fsp3) is 0.414.